The number of halogens is 1. The molecule has 4 rings (SSSR count). The molecule has 0 radical (unpaired) electrons. The third-order valence-corrected chi connectivity index (χ3v) is 5.39. The van der Waals surface area contributed by atoms with Crippen molar-refractivity contribution in [3.63, 3.8) is 0 Å². The second-order valence-electron chi connectivity index (χ2n) is 6.80. The van der Waals surface area contributed by atoms with E-state index in [1.807, 2.05) is 42.5 Å². The Hall–Kier alpha value is -2.40. The molecular weight excluding hydrogens is 404 g/mol. The lowest BCUT2D eigenvalue weighted by Crippen LogP contribution is -2.10. The fourth-order valence-electron chi connectivity index (χ4n) is 3.55. The Morgan fingerprint density at radius 3 is 2.85 bits per heavy atom. The van der Waals surface area contributed by atoms with Gasteiger partial charge in [-0.05, 0) is 35.7 Å². The predicted octanol–water partition coefficient (Wildman–Crippen LogP) is 5.32. The van der Waals surface area contributed by atoms with Crippen LogP contribution in [0.15, 0.2) is 57.8 Å². The van der Waals surface area contributed by atoms with Gasteiger partial charge in [0.25, 0.3) is 0 Å². The topological polar surface area (TPSA) is 50.7 Å². The van der Waals surface area contributed by atoms with Crippen LogP contribution in [0.2, 0.25) is 0 Å². The maximum atomic E-state index is 12.8. The smallest absolute Gasteiger partial charge is 0.170 e. The Balaban J connectivity index is 1.77. The fraction of sp³-hybridized carbons (Fsp3) is 0.273. The maximum Gasteiger partial charge on any atom is 0.170 e. The number of carbonyl (C=O) groups excluding carboxylic acids is 1. The van der Waals surface area contributed by atoms with Crippen LogP contribution in [-0.2, 0) is 16.1 Å². The zero-order valence-corrected chi connectivity index (χ0v) is 16.8. The van der Waals surface area contributed by atoms with Gasteiger partial charge in [-0.25, -0.2) is 0 Å². The summed E-state index contributed by atoms with van der Waals surface area (Å²) >= 11 is 3.52. The number of carbonyl (C=O) groups is 1. The number of nitrogens with zero attached hydrogens (tertiary/aromatic N) is 1. The zero-order chi connectivity index (χ0) is 18.8. The molecule has 5 heteroatoms. The highest BCUT2D eigenvalue weighted by Crippen LogP contribution is 2.39. The molecule has 1 N–H and O–H groups in total. The van der Waals surface area contributed by atoms with Gasteiger partial charge in [0, 0.05) is 22.1 Å². The molecule has 0 aromatic heterocycles. The Morgan fingerprint density at radius 2 is 2.00 bits per heavy atom. The molecule has 1 aliphatic heterocycles. The van der Waals surface area contributed by atoms with Gasteiger partial charge in [-0.1, -0.05) is 65.1 Å². The first kappa shape index (κ1) is 18.0. The van der Waals surface area contributed by atoms with Gasteiger partial charge in [-0.3, -0.25) is 4.79 Å². The molecule has 2 aromatic carbocycles. The lowest BCUT2D eigenvalue weighted by atomic mass is 10.0. The number of fused-ring (bicyclic) bond motifs is 2. The summed E-state index contributed by atoms with van der Waals surface area (Å²) in [7, 11) is 0. The minimum absolute atomic E-state index is 0.108. The molecule has 1 heterocycles. The van der Waals surface area contributed by atoms with Crippen molar-refractivity contribution in [1.29, 1.82) is 0 Å². The largest absolute Gasteiger partial charge is 0.395 e. The molecule has 2 aromatic rings. The van der Waals surface area contributed by atoms with Crippen LogP contribution < -0.4 is 5.32 Å². The monoisotopic (exact) mass is 424 g/mol. The van der Waals surface area contributed by atoms with Gasteiger partial charge < -0.3 is 10.2 Å². The first-order valence-electron chi connectivity index (χ1n) is 9.32. The van der Waals surface area contributed by atoms with Crippen molar-refractivity contribution >= 4 is 38.7 Å². The molecule has 138 valence electrons. The summed E-state index contributed by atoms with van der Waals surface area (Å²) in [6.45, 7) is 2.74. The molecule has 0 unspecified atom stereocenters. The van der Waals surface area contributed by atoms with Crippen molar-refractivity contribution < 1.29 is 9.63 Å². The van der Waals surface area contributed by atoms with Crippen molar-refractivity contribution in [3.05, 3.63) is 69.3 Å². The molecule has 0 amide bonds. The molecule has 0 fully saturated rings. The van der Waals surface area contributed by atoms with Crippen LogP contribution in [0.3, 0.4) is 0 Å². The van der Waals surface area contributed by atoms with Gasteiger partial charge in [-0.15, -0.1) is 0 Å². The number of para-hydroxylation sites is 1. The van der Waals surface area contributed by atoms with Crippen LogP contribution in [0.5, 0.6) is 0 Å². The van der Waals surface area contributed by atoms with Crippen LogP contribution >= 0.6 is 15.9 Å². The molecule has 2 aliphatic rings. The minimum atomic E-state index is 0.108. The predicted molar refractivity (Wildman–Crippen MR) is 112 cm³/mol. The number of Topliss-reactive ketones (excluding diaryl/α,β-unsaturated/α-hetero) is 1. The van der Waals surface area contributed by atoms with E-state index in [9.17, 15) is 4.79 Å². The lowest BCUT2D eigenvalue weighted by Gasteiger charge is -2.08. The molecule has 0 saturated carbocycles. The highest BCUT2D eigenvalue weighted by atomic mass is 79.9. The number of allylic oxidation sites excluding steroid dienone is 2. The fourth-order valence-corrected chi connectivity index (χ4v) is 3.91. The van der Waals surface area contributed by atoms with Crippen molar-refractivity contribution in [2.75, 3.05) is 11.9 Å². The number of rotatable bonds is 5. The maximum absolute atomic E-state index is 12.8. The molecule has 0 bridgehead atoms. The molecule has 0 atom stereocenters. The second kappa shape index (κ2) is 7.69. The van der Waals surface area contributed by atoms with Crippen LogP contribution in [0.25, 0.3) is 5.57 Å². The van der Waals surface area contributed by atoms with E-state index in [1.54, 1.807) is 0 Å². The zero-order valence-electron chi connectivity index (χ0n) is 15.2. The lowest BCUT2D eigenvalue weighted by molar-refractivity contribution is -0.112. The first-order chi connectivity index (χ1) is 13.2. The van der Waals surface area contributed by atoms with E-state index in [4.69, 9.17) is 4.84 Å². The first-order valence-corrected chi connectivity index (χ1v) is 10.1. The number of benzene rings is 2. The summed E-state index contributed by atoms with van der Waals surface area (Å²) in [5, 5.41) is 7.83. The van der Waals surface area contributed by atoms with Crippen molar-refractivity contribution in [3.8, 4) is 0 Å². The number of nitrogens with one attached hydrogen (secondary N) is 1. The standard InChI is InChI=1S/C22H21BrN2O2/c1-2-3-6-11-27-25-21-16-7-4-5-8-18(16)24-22(21)20-17-13-15(23)10-9-14(17)12-19(20)26/h4-5,7-10,13,24H,2-3,6,11-12H2,1H3/b22-20-,25-21?. The average Bonchev–Trinajstić information content (AvgIpc) is 3.18. The minimum Gasteiger partial charge on any atom is -0.395 e. The van der Waals surface area contributed by atoms with Gasteiger partial charge in [-0.2, -0.15) is 0 Å². The van der Waals surface area contributed by atoms with E-state index in [2.05, 4.69) is 33.3 Å². The van der Waals surface area contributed by atoms with Gasteiger partial charge in [0.2, 0.25) is 0 Å². The average molecular weight is 425 g/mol. The van der Waals surface area contributed by atoms with Crippen LogP contribution in [-0.4, -0.2) is 18.1 Å². The number of hydrogen-bond acceptors (Lipinski definition) is 4. The quantitative estimate of drug-likeness (QED) is 0.401. The molecule has 4 nitrogen and oxygen atoms in total. The number of oxime groups is 1. The highest BCUT2D eigenvalue weighted by molar-refractivity contribution is 9.10. The summed E-state index contributed by atoms with van der Waals surface area (Å²) in [4.78, 5) is 18.4. The molecular formula is C22H21BrN2O2. The van der Waals surface area contributed by atoms with E-state index in [1.165, 1.54) is 0 Å². The SMILES string of the molecule is CCCCCON=C1/C(=C2/C(=O)Cc3ccc(Br)cc32)Nc2ccccc21. The van der Waals surface area contributed by atoms with Gasteiger partial charge >= 0.3 is 0 Å². The Bertz CT molecular complexity index is 963. The number of hydrogen-bond donors (Lipinski definition) is 1. The van der Waals surface area contributed by atoms with Crippen LogP contribution in [0, 0.1) is 0 Å². The number of anilines is 1. The van der Waals surface area contributed by atoms with E-state index in [0.717, 1.165) is 51.8 Å². The summed E-state index contributed by atoms with van der Waals surface area (Å²) in [5.74, 6) is 0.108. The van der Waals surface area contributed by atoms with Gasteiger partial charge in [0.15, 0.2) is 5.78 Å². The summed E-state index contributed by atoms with van der Waals surface area (Å²) in [5.41, 5.74) is 6.07. The summed E-state index contributed by atoms with van der Waals surface area (Å²) < 4.78 is 0.957. The third kappa shape index (κ3) is 3.44. The normalized spacial score (nSPS) is 19.2. The molecule has 0 spiro atoms. The van der Waals surface area contributed by atoms with Crippen molar-refractivity contribution in [2.45, 2.75) is 32.6 Å². The second-order valence-corrected chi connectivity index (χ2v) is 7.72. The van der Waals surface area contributed by atoms with E-state index in [0.29, 0.717) is 24.3 Å². The molecule has 27 heavy (non-hydrogen) atoms. The number of ketones is 1. The summed E-state index contributed by atoms with van der Waals surface area (Å²) in [6.07, 6.45) is 3.65. The van der Waals surface area contributed by atoms with E-state index in [-0.39, 0.29) is 5.78 Å². The van der Waals surface area contributed by atoms with Gasteiger partial charge in [0.1, 0.15) is 12.3 Å². The van der Waals surface area contributed by atoms with E-state index >= 15 is 0 Å². The highest BCUT2D eigenvalue weighted by Gasteiger charge is 2.34. The van der Waals surface area contributed by atoms with Crippen LogP contribution in [0.1, 0.15) is 42.9 Å². The van der Waals surface area contributed by atoms with E-state index < -0.39 is 0 Å². The molecule has 1 aliphatic carbocycles. The molecule has 0 saturated heterocycles. The Kier molecular flexibility index (Phi) is 5.12. The number of unbranched alkanes of at least 4 members (excludes halogenated alkanes) is 2. The van der Waals surface area contributed by atoms with Crippen LogP contribution in [0.4, 0.5) is 5.69 Å². The van der Waals surface area contributed by atoms with Crippen molar-refractivity contribution in [2.24, 2.45) is 5.16 Å². The van der Waals surface area contributed by atoms with Crippen molar-refractivity contribution in [1.82, 2.24) is 0 Å². The Labute approximate surface area is 167 Å². The Morgan fingerprint density at radius 1 is 1.15 bits per heavy atom. The summed E-state index contributed by atoms with van der Waals surface area (Å²) in [6, 6.07) is 13.9. The third-order valence-electron chi connectivity index (χ3n) is 4.89. The van der Waals surface area contributed by atoms with Gasteiger partial charge in [0.05, 0.1) is 11.3 Å².